The lowest BCUT2D eigenvalue weighted by molar-refractivity contribution is -0.325. The molecule has 6 rings (SSSR count). The van der Waals surface area contributed by atoms with Gasteiger partial charge < -0.3 is 11.1 Å². The fourth-order valence-corrected chi connectivity index (χ4v) is 7.34. The monoisotopic (exact) mass is 507 g/mol. The van der Waals surface area contributed by atoms with Crippen LogP contribution in [0.15, 0.2) is 66.9 Å². The molecule has 2 saturated carbocycles. The molecule has 4 unspecified atom stereocenters. The van der Waals surface area contributed by atoms with Gasteiger partial charge in [0.25, 0.3) is 5.91 Å². The van der Waals surface area contributed by atoms with Crippen LogP contribution in [-0.4, -0.2) is 39.1 Å². The molecule has 3 aliphatic rings. The second-order valence-electron chi connectivity index (χ2n) is 12.3. The zero-order chi connectivity index (χ0) is 26.7. The molecule has 1 aromatic heterocycles. The van der Waals surface area contributed by atoms with E-state index >= 15 is 0 Å². The molecule has 38 heavy (non-hydrogen) atoms. The lowest BCUT2D eigenvalue weighted by atomic mass is 9.36. The largest absolute Gasteiger partial charge is 0.398 e. The average Bonchev–Trinajstić information content (AvgIpc) is 2.88. The second-order valence-corrected chi connectivity index (χ2v) is 12.3. The molecular weight excluding hydrogens is 470 g/mol. The van der Waals surface area contributed by atoms with Crippen LogP contribution in [0.2, 0.25) is 0 Å². The second kappa shape index (κ2) is 9.05. The maximum absolute atomic E-state index is 12.8. The number of piperidine rings is 2. The zero-order valence-corrected chi connectivity index (χ0v) is 22.5. The van der Waals surface area contributed by atoms with Crippen molar-refractivity contribution in [1.82, 2.24) is 15.2 Å². The molecule has 2 aromatic carbocycles. The molecule has 196 valence electrons. The van der Waals surface area contributed by atoms with E-state index in [0.717, 1.165) is 35.7 Å². The van der Waals surface area contributed by atoms with Crippen LogP contribution in [-0.2, 0) is 13.0 Å². The molecule has 2 aliphatic carbocycles. The van der Waals surface area contributed by atoms with Crippen molar-refractivity contribution in [3.05, 3.63) is 94.8 Å². The van der Waals surface area contributed by atoms with Gasteiger partial charge in [-0.2, -0.15) is 0 Å². The van der Waals surface area contributed by atoms with Gasteiger partial charge in [0.1, 0.15) is 0 Å². The first-order chi connectivity index (χ1) is 18.2. The SMILES string of the molecule is CC(C)(C)N1C2CCC23C(Cc2ccc(C(=N)c4cc(C(=O)NCc5ccccn5)ccc4N)cc2)CC13. The van der Waals surface area contributed by atoms with Gasteiger partial charge in [0.2, 0.25) is 0 Å². The maximum atomic E-state index is 12.8. The van der Waals surface area contributed by atoms with Crippen molar-refractivity contribution in [1.29, 1.82) is 5.41 Å². The average molecular weight is 508 g/mol. The molecule has 2 heterocycles. The van der Waals surface area contributed by atoms with E-state index in [1.54, 1.807) is 24.4 Å². The molecule has 6 nitrogen and oxygen atoms in total. The number of hydrogen-bond acceptors (Lipinski definition) is 5. The lowest BCUT2D eigenvalue weighted by Crippen LogP contribution is -2.87. The number of nitrogens with zero attached hydrogens (tertiary/aromatic N) is 2. The van der Waals surface area contributed by atoms with E-state index in [1.807, 2.05) is 30.3 Å². The van der Waals surface area contributed by atoms with E-state index in [0.29, 0.717) is 34.5 Å². The Morgan fingerprint density at radius 3 is 2.50 bits per heavy atom. The highest BCUT2D eigenvalue weighted by Crippen LogP contribution is 2.72. The minimum Gasteiger partial charge on any atom is -0.398 e. The number of pyridine rings is 1. The molecule has 0 radical (unpaired) electrons. The van der Waals surface area contributed by atoms with Crippen molar-refractivity contribution in [2.24, 2.45) is 11.3 Å². The van der Waals surface area contributed by atoms with Crippen LogP contribution in [0, 0.1) is 16.7 Å². The highest BCUT2D eigenvalue weighted by Gasteiger charge is 2.75. The Labute approximate surface area is 225 Å². The quantitative estimate of drug-likeness (QED) is 0.302. The van der Waals surface area contributed by atoms with E-state index in [2.05, 4.69) is 48.1 Å². The van der Waals surface area contributed by atoms with Gasteiger partial charge in [-0.25, -0.2) is 0 Å². The van der Waals surface area contributed by atoms with Crippen molar-refractivity contribution in [3.8, 4) is 0 Å². The number of nitrogens with two attached hydrogens (primary N) is 1. The molecule has 6 heteroatoms. The molecule has 3 aromatic rings. The number of benzene rings is 2. The van der Waals surface area contributed by atoms with Crippen LogP contribution in [0.25, 0.3) is 0 Å². The summed E-state index contributed by atoms with van der Waals surface area (Å²) in [6, 6.07) is 20.7. The summed E-state index contributed by atoms with van der Waals surface area (Å²) in [7, 11) is 0. The van der Waals surface area contributed by atoms with Crippen LogP contribution in [0.3, 0.4) is 0 Å². The molecule has 1 saturated heterocycles. The summed E-state index contributed by atoms with van der Waals surface area (Å²) in [6.07, 6.45) is 6.86. The van der Waals surface area contributed by atoms with Gasteiger partial charge in [-0.3, -0.25) is 20.1 Å². The molecule has 4 atom stereocenters. The van der Waals surface area contributed by atoms with Crippen LogP contribution in [0.4, 0.5) is 5.69 Å². The highest BCUT2D eigenvalue weighted by atomic mass is 16.1. The third-order valence-electron chi connectivity index (χ3n) is 9.27. The molecular formula is C32H37N5O. The summed E-state index contributed by atoms with van der Waals surface area (Å²) in [5.74, 6) is 0.556. The third-order valence-corrected chi connectivity index (χ3v) is 9.27. The van der Waals surface area contributed by atoms with Crippen molar-refractivity contribution in [2.75, 3.05) is 5.73 Å². The Morgan fingerprint density at radius 1 is 1.11 bits per heavy atom. The van der Waals surface area contributed by atoms with Gasteiger partial charge in [0, 0.05) is 51.6 Å². The fourth-order valence-electron chi connectivity index (χ4n) is 7.34. The topological polar surface area (TPSA) is 95.1 Å². The zero-order valence-electron chi connectivity index (χ0n) is 22.5. The van der Waals surface area contributed by atoms with Crippen LogP contribution >= 0.6 is 0 Å². The van der Waals surface area contributed by atoms with Crippen LogP contribution in [0.1, 0.15) is 72.8 Å². The number of nitrogens with one attached hydrogen (secondary N) is 2. The van der Waals surface area contributed by atoms with E-state index in [4.69, 9.17) is 11.1 Å². The van der Waals surface area contributed by atoms with Crippen molar-refractivity contribution < 1.29 is 4.79 Å². The van der Waals surface area contributed by atoms with Gasteiger partial charge in [0.15, 0.2) is 0 Å². The Hall–Kier alpha value is -3.51. The fraction of sp³-hybridized carbons (Fsp3) is 0.406. The molecule has 1 amide bonds. The molecule has 3 fully saturated rings. The first-order valence-electron chi connectivity index (χ1n) is 13.7. The maximum Gasteiger partial charge on any atom is 0.251 e. The Bertz CT molecular complexity index is 1370. The number of carbonyl (C=O) groups is 1. The number of nitrogen functional groups attached to an aromatic ring is 1. The predicted molar refractivity (Wildman–Crippen MR) is 151 cm³/mol. The summed E-state index contributed by atoms with van der Waals surface area (Å²) < 4.78 is 0. The van der Waals surface area contributed by atoms with Crippen LogP contribution in [0.5, 0.6) is 0 Å². The number of aromatic nitrogens is 1. The van der Waals surface area contributed by atoms with Gasteiger partial charge in [-0.15, -0.1) is 0 Å². The number of rotatable bonds is 7. The van der Waals surface area contributed by atoms with Crippen molar-refractivity contribution >= 4 is 17.3 Å². The first-order valence-corrected chi connectivity index (χ1v) is 13.7. The Kier molecular flexibility index (Phi) is 5.91. The first kappa shape index (κ1) is 24.8. The lowest BCUT2D eigenvalue weighted by Gasteiger charge is -2.82. The Morgan fingerprint density at radius 2 is 1.87 bits per heavy atom. The minimum absolute atomic E-state index is 0.214. The van der Waals surface area contributed by atoms with Gasteiger partial charge in [-0.05, 0) is 88.3 Å². The summed E-state index contributed by atoms with van der Waals surface area (Å²) in [6.45, 7) is 7.41. The number of amides is 1. The number of hydrogen-bond donors (Lipinski definition) is 3. The van der Waals surface area contributed by atoms with Crippen LogP contribution < -0.4 is 11.1 Å². The number of likely N-dealkylation sites (tertiary alicyclic amines) is 1. The number of carbonyl (C=O) groups excluding carboxylic acids is 1. The molecule has 0 bridgehead atoms. The third kappa shape index (κ3) is 3.93. The van der Waals surface area contributed by atoms with E-state index in [-0.39, 0.29) is 11.4 Å². The molecule has 1 spiro atoms. The van der Waals surface area contributed by atoms with E-state index in [9.17, 15) is 4.79 Å². The minimum atomic E-state index is -0.214. The standard InChI is InChI=1S/C32H37N5O/c1-31(2,3)37-27-13-14-32(27)23(18-28(32)37)16-20-7-9-21(10-8-20)29(34)25-17-22(11-12-26(25)33)30(38)36-19-24-6-4-5-15-35-24/h4-12,15,17,23,27-28,34H,13-14,16,18-19,33H2,1-3H3,(H,36,38). The highest BCUT2D eigenvalue weighted by molar-refractivity contribution is 6.14. The Balaban J connectivity index is 1.11. The van der Waals surface area contributed by atoms with Gasteiger partial charge in [0.05, 0.1) is 18.0 Å². The summed E-state index contributed by atoms with van der Waals surface area (Å²) in [5, 5.41) is 11.7. The molecule has 4 N–H and O–H groups in total. The van der Waals surface area contributed by atoms with Crippen molar-refractivity contribution in [2.45, 2.75) is 70.6 Å². The van der Waals surface area contributed by atoms with Crippen molar-refractivity contribution in [3.63, 3.8) is 0 Å². The summed E-state index contributed by atoms with van der Waals surface area (Å²) in [4.78, 5) is 19.8. The smallest absolute Gasteiger partial charge is 0.251 e. The summed E-state index contributed by atoms with van der Waals surface area (Å²) >= 11 is 0. The predicted octanol–water partition coefficient (Wildman–Crippen LogP) is 5.20. The van der Waals surface area contributed by atoms with E-state index < -0.39 is 0 Å². The normalized spacial score (nSPS) is 25.7. The van der Waals surface area contributed by atoms with Gasteiger partial charge >= 0.3 is 0 Å². The summed E-state index contributed by atoms with van der Waals surface area (Å²) in [5.41, 5.74) is 11.9. The van der Waals surface area contributed by atoms with Gasteiger partial charge in [-0.1, -0.05) is 30.3 Å². The molecule has 1 aliphatic heterocycles. The van der Waals surface area contributed by atoms with E-state index in [1.165, 1.54) is 24.8 Å². The number of anilines is 1.